The molecule has 1 amide bonds. The molecule has 1 aliphatic heterocycles. The van der Waals surface area contributed by atoms with Crippen LogP contribution in [0.2, 0.25) is 0 Å². The molecule has 7 nitrogen and oxygen atoms in total. The Morgan fingerprint density at radius 2 is 1.74 bits per heavy atom. The zero-order valence-corrected chi connectivity index (χ0v) is 22.7. The van der Waals surface area contributed by atoms with E-state index in [4.69, 9.17) is 4.99 Å². The van der Waals surface area contributed by atoms with E-state index in [2.05, 4.69) is 35.0 Å². The maximum atomic E-state index is 13.2. The lowest BCUT2D eigenvalue weighted by molar-refractivity contribution is 0.100. The van der Waals surface area contributed by atoms with Gasteiger partial charge in [-0.2, -0.15) is 0 Å². The number of benzene rings is 3. The molecule has 6 rings (SSSR count). The Hall–Kier alpha value is -4.01. The number of aliphatic imine (C=N–C) groups is 1. The highest BCUT2D eigenvalue weighted by Gasteiger charge is 2.32. The quantitative estimate of drug-likeness (QED) is 0.254. The van der Waals surface area contributed by atoms with Crippen molar-refractivity contribution in [1.82, 2.24) is 4.57 Å². The number of carbonyl (C=O) groups is 1. The van der Waals surface area contributed by atoms with Crippen LogP contribution in [0, 0.1) is 0 Å². The van der Waals surface area contributed by atoms with E-state index in [9.17, 15) is 13.6 Å². The summed E-state index contributed by atoms with van der Waals surface area (Å²) in [5.74, 6) is 2.13. The van der Waals surface area contributed by atoms with E-state index in [1.54, 1.807) is 42.5 Å². The van der Waals surface area contributed by atoms with Crippen LogP contribution >= 0.6 is 0 Å². The van der Waals surface area contributed by atoms with Gasteiger partial charge in [0.2, 0.25) is 0 Å². The van der Waals surface area contributed by atoms with Gasteiger partial charge in [-0.3, -0.25) is 14.3 Å². The van der Waals surface area contributed by atoms with Gasteiger partial charge in [-0.1, -0.05) is 60.7 Å². The first kappa shape index (κ1) is 25.3. The minimum atomic E-state index is -2.54. The highest BCUT2D eigenvalue weighted by atomic mass is 32.2. The highest BCUT2D eigenvalue weighted by molar-refractivity contribution is 7.81. The molecule has 0 spiro atoms. The Kier molecular flexibility index (Phi) is 6.66. The number of rotatable bonds is 7. The van der Waals surface area contributed by atoms with Crippen LogP contribution in [0.5, 0.6) is 0 Å². The molecule has 2 N–H and O–H groups in total. The summed E-state index contributed by atoms with van der Waals surface area (Å²) < 4.78 is 25.8. The van der Waals surface area contributed by atoms with E-state index in [0.717, 1.165) is 33.6 Å². The largest absolute Gasteiger partial charge is 0.330 e. The molecule has 1 aliphatic carbocycles. The minimum Gasteiger partial charge on any atom is -0.330 e. The standard InChI is InChI=1S/C31H30N4O3S/c1-20-27-18-29(24-16-17-24)34(30(27)33-21(2)32-20)19-22-12-14-23(15-13-22)26-10-6-7-11-28(26)35(39(37)38)31(36)25-8-4-3-5-9-25/h3-15,18,20,24H,16-17,19H2,1-2H3,(H,32,33)(H,37,38). The third kappa shape index (κ3) is 4.93. The number of para-hydroxylation sites is 1. The number of amides is 1. The molecule has 8 heteroatoms. The molecule has 4 aromatic rings. The summed E-state index contributed by atoms with van der Waals surface area (Å²) in [6, 6.07) is 26.4. The summed E-state index contributed by atoms with van der Waals surface area (Å²) in [4.78, 5) is 17.9. The van der Waals surface area contributed by atoms with Gasteiger partial charge in [0.1, 0.15) is 5.82 Å². The van der Waals surface area contributed by atoms with Gasteiger partial charge in [0.05, 0.1) is 17.6 Å². The molecule has 39 heavy (non-hydrogen) atoms. The first-order valence-corrected chi connectivity index (χ1v) is 14.2. The second-order valence-electron chi connectivity index (χ2n) is 10.2. The Labute approximate surface area is 230 Å². The average molecular weight is 539 g/mol. The number of hydrogen-bond acceptors (Lipinski definition) is 4. The lowest BCUT2D eigenvalue weighted by atomic mass is 10.0. The second-order valence-corrected chi connectivity index (χ2v) is 11.0. The number of anilines is 2. The van der Waals surface area contributed by atoms with Crippen LogP contribution < -0.4 is 9.62 Å². The van der Waals surface area contributed by atoms with E-state index in [-0.39, 0.29) is 6.04 Å². The van der Waals surface area contributed by atoms with Crippen molar-refractivity contribution in [3.63, 3.8) is 0 Å². The van der Waals surface area contributed by atoms with Crippen molar-refractivity contribution in [2.24, 2.45) is 4.99 Å². The van der Waals surface area contributed by atoms with E-state index in [1.165, 1.54) is 24.1 Å². The average Bonchev–Trinajstić information content (AvgIpc) is 3.72. The van der Waals surface area contributed by atoms with Gasteiger partial charge in [-0.15, -0.1) is 0 Å². The number of fused-ring (bicyclic) bond motifs is 1. The molecule has 2 unspecified atom stereocenters. The Morgan fingerprint density at radius 3 is 2.44 bits per heavy atom. The van der Waals surface area contributed by atoms with E-state index in [0.29, 0.717) is 22.7 Å². The summed E-state index contributed by atoms with van der Waals surface area (Å²) >= 11 is -2.54. The predicted octanol–water partition coefficient (Wildman–Crippen LogP) is 6.77. The van der Waals surface area contributed by atoms with E-state index in [1.807, 2.05) is 31.2 Å². The summed E-state index contributed by atoms with van der Waals surface area (Å²) in [6.45, 7) is 4.88. The molecule has 0 bridgehead atoms. The molecule has 2 atom stereocenters. The van der Waals surface area contributed by atoms with Crippen LogP contribution in [0.15, 0.2) is 89.9 Å². The van der Waals surface area contributed by atoms with Gasteiger partial charge in [0.15, 0.2) is 0 Å². The van der Waals surface area contributed by atoms with Crippen LogP contribution in [0.4, 0.5) is 11.5 Å². The summed E-state index contributed by atoms with van der Waals surface area (Å²) in [7, 11) is 0. The van der Waals surface area contributed by atoms with Gasteiger partial charge >= 0.3 is 0 Å². The molecule has 1 aromatic heterocycles. The van der Waals surface area contributed by atoms with Crippen molar-refractivity contribution in [3.8, 4) is 11.1 Å². The molecule has 3 aromatic carbocycles. The molecule has 0 radical (unpaired) electrons. The highest BCUT2D eigenvalue weighted by Crippen LogP contribution is 2.45. The molecule has 2 aliphatic rings. The van der Waals surface area contributed by atoms with E-state index < -0.39 is 17.2 Å². The van der Waals surface area contributed by atoms with Crippen LogP contribution in [-0.4, -0.2) is 25.1 Å². The zero-order chi connectivity index (χ0) is 27.1. The Balaban J connectivity index is 1.32. The number of carbonyl (C=O) groups excluding carboxylic acids is 1. The normalized spacial score (nSPS) is 17.1. The first-order chi connectivity index (χ1) is 18.9. The zero-order valence-electron chi connectivity index (χ0n) is 21.9. The van der Waals surface area contributed by atoms with Crippen molar-refractivity contribution in [2.75, 3.05) is 9.62 Å². The fourth-order valence-corrected chi connectivity index (χ4v) is 5.90. The third-order valence-corrected chi connectivity index (χ3v) is 8.06. The van der Waals surface area contributed by atoms with Crippen molar-refractivity contribution < 1.29 is 13.6 Å². The first-order valence-electron chi connectivity index (χ1n) is 13.1. The maximum Gasteiger partial charge on any atom is 0.272 e. The SMILES string of the molecule is CC1=NC(C)c2cc(C3CC3)n(Cc3ccc(-c4ccccc4N(C(=O)c4ccccc4)S(=O)O)cc3)c2N1. The molecule has 198 valence electrons. The van der Waals surface area contributed by atoms with Crippen LogP contribution in [-0.2, 0) is 17.8 Å². The maximum absolute atomic E-state index is 13.2. The fraction of sp³-hybridized carbons (Fsp3) is 0.226. The predicted molar refractivity (Wildman–Crippen MR) is 157 cm³/mol. The van der Waals surface area contributed by atoms with Crippen molar-refractivity contribution in [2.45, 2.75) is 45.2 Å². The number of amidine groups is 1. The van der Waals surface area contributed by atoms with Crippen molar-refractivity contribution in [1.29, 1.82) is 0 Å². The summed E-state index contributed by atoms with van der Waals surface area (Å²) in [5, 5.41) is 3.50. The van der Waals surface area contributed by atoms with Crippen molar-refractivity contribution in [3.05, 3.63) is 107 Å². The van der Waals surface area contributed by atoms with Gasteiger partial charge < -0.3 is 9.88 Å². The van der Waals surface area contributed by atoms with E-state index >= 15 is 0 Å². The summed E-state index contributed by atoms with van der Waals surface area (Å²) in [6.07, 6.45) is 2.44. The number of nitrogens with zero attached hydrogens (tertiary/aromatic N) is 3. The molecule has 1 fully saturated rings. The third-order valence-electron chi connectivity index (χ3n) is 7.38. The fourth-order valence-electron chi connectivity index (χ4n) is 5.33. The minimum absolute atomic E-state index is 0.137. The topological polar surface area (TPSA) is 86.9 Å². The Morgan fingerprint density at radius 1 is 1.05 bits per heavy atom. The lowest BCUT2D eigenvalue weighted by Gasteiger charge is -2.22. The summed E-state index contributed by atoms with van der Waals surface area (Å²) in [5.41, 5.74) is 6.03. The monoisotopic (exact) mass is 538 g/mol. The lowest BCUT2D eigenvalue weighted by Crippen LogP contribution is -2.32. The van der Waals surface area contributed by atoms with Crippen LogP contribution in [0.3, 0.4) is 0 Å². The smallest absolute Gasteiger partial charge is 0.272 e. The molecular weight excluding hydrogens is 508 g/mol. The number of aromatic nitrogens is 1. The van der Waals surface area contributed by atoms with Crippen LogP contribution in [0.25, 0.3) is 11.1 Å². The number of nitrogens with one attached hydrogen (secondary N) is 1. The molecule has 2 heterocycles. The van der Waals surface area contributed by atoms with Gasteiger partial charge in [-0.25, -0.2) is 8.51 Å². The van der Waals surface area contributed by atoms with Gasteiger partial charge in [-0.05, 0) is 68.0 Å². The molecule has 0 saturated heterocycles. The van der Waals surface area contributed by atoms with Gasteiger partial charge in [0.25, 0.3) is 17.2 Å². The molecule has 1 saturated carbocycles. The molecular formula is C31H30N4O3S. The van der Waals surface area contributed by atoms with Crippen molar-refractivity contribution >= 4 is 34.5 Å². The van der Waals surface area contributed by atoms with Gasteiger partial charge in [0, 0.05) is 28.9 Å². The Bertz CT molecular complexity index is 1590. The number of hydrogen-bond donors (Lipinski definition) is 2. The second kappa shape index (κ2) is 10.3. The van der Waals surface area contributed by atoms with Crippen LogP contribution in [0.1, 0.15) is 65.8 Å².